The van der Waals surface area contributed by atoms with E-state index in [1.807, 2.05) is 47.0 Å². The highest BCUT2D eigenvalue weighted by atomic mass is 16.2. The maximum Gasteiger partial charge on any atom is 0.224 e. The molecular weight excluding hydrogens is 312 g/mol. The lowest BCUT2D eigenvalue weighted by Crippen LogP contribution is -2.26. The van der Waals surface area contributed by atoms with Gasteiger partial charge in [-0.15, -0.1) is 10.2 Å². The molecule has 2 aromatic carbocycles. The molecule has 1 aliphatic carbocycles. The molecule has 1 fully saturated rings. The van der Waals surface area contributed by atoms with Crippen LogP contribution in [-0.4, -0.2) is 20.7 Å². The number of benzene rings is 2. The molecule has 0 radical (unpaired) electrons. The molecule has 2 atom stereocenters. The highest BCUT2D eigenvalue weighted by molar-refractivity contribution is 5.82. The smallest absolute Gasteiger partial charge is 0.224 e. The van der Waals surface area contributed by atoms with Gasteiger partial charge in [-0.3, -0.25) is 9.36 Å². The van der Waals surface area contributed by atoms with E-state index in [0.29, 0.717) is 12.5 Å². The Morgan fingerprint density at radius 2 is 1.92 bits per heavy atom. The number of aromatic nitrogens is 3. The van der Waals surface area contributed by atoms with Crippen LogP contribution in [0.4, 0.5) is 0 Å². The Morgan fingerprint density at radius 3 is 2.72 bits per heavy atom. The van der Waals surface area contributed by atoms with Gasteiger partial charge in [0, 0.05) is 11.6 Å². The number of hydrogen-bond donors (Lipinski definition) is 1. The molecule has 0 saturated heterocycles. The first kappa shape index (κ1) is 15.6. The molecule has 4 rings (SSSR count). The average molecular weight is 332 g/mol. The van der Waals surface area contributed by atoms with Crippen molar-refractivity contribution in [3.63, 3.8) is 0 Å². The first-order valence-corrected chi connectivity index (χ1v) is 8.51. The van der Waals surface area contributed by atoms with Gasteiger partial charge in [-0.1, -0.05) is 42.5 Å². The van der Waals surface area contributed by atoms with Gasteiger partial charge in [0.05, 0.1) is 6.54 Å². The second-order valence-electron chi connectivity index (χ2n) is 6.48. The molecule has 5 heteroatoms. The largest absolute Gasteiger partial charge is 0.349 e. The standard InChI is InChI=1S/C20H20N4O/c1-14-7-5-6-10-16(14)17-11-18(17)20(25)21-12-19-23-22-13-24(19)15-8-3-2-4-9-15/h2-10,13,17-18H,11-12H2,1H3,(H,21,25)/t17-,18-/m1/s1. The second-order valence-corrected chi connectivity index (χ2v) is 6.48. The SMILES string of the molecule is Cc1ccccc1[C@H]1C[C@H]1C(=O)NCc1nncn1-c1ccccc1. The summed E-state index contributed by atoms with van der Waals surface area (Å²) < 4.78 is 1.89. The number of nitrogens with zero attached hydrogens (tertiary/aromatic N) is 3. The number of hydrogen-bond acceptors (Lipinski definition) is 3. The fourth-order valence-electron chi connectivity index (χ4n) is 3.31. The summed E-state index contributed by atoms with van der Waals surface area (Å²) in [4.78, 5) is 12.5. The van der Waals surface area contributed by atoms with Crippen molar-refractivity contribution >= 4 is 5.91 Å². The number of aryl methyl sites for hydroxylation is 1. The zero-order chi connectivity index (χ0) is 17.2. The maximum atomic E-state index is 12.5. The van der Waals surface area contributed by atoms with E-state index in [1.165, 1.54) is 11.1 Å². The monoisotopic (exact) mass is 332 g/mol. The van der Waals surface area contributed by atoms with Gasteiger partial charge in [0.25, 0.3) is 0 Å². The van der Waals surface area contributed by atoms with Crippen molar-refractivity contribution in [2.45, 2.75) is 25.8 Å². The molecule has 1 aliphatic rings. The fraction of sp³-hybridized carbons (Fsp3) is 0.250. The molecule has 5 nitrogen and oxygen atoms in total. The molecule has 0 aliphatic heterocycles. The number of amides is 1. The minimum atomic E-state index is 0.0641. The number of rotatable bonds is 5. The van der Waals surface area contributed by atoms with E-state index in [1.54, 1.807) is 6.33 Å². The predicted molar refractivity (Wildman–Crippen MR) is 95.2 cm³/mol. The molecule has 3 aromatic rings. The number of carbonyl (C=O) groups excluding carboxylic acids is 1. The van der Waals surface area contributed by atoms with Crippen LogP contribution in [0.5, 0.6) is 0 Å². The fourth-order valence-corrected chi connectivity index (χ4v) is 3.31. The van der Waals surface area contributed by atoms with E-state index in [-0.39, 0.29) is 11.8 Å². The Hall–Kier alpha value is -2.95. The van der Waals surface area contributed by atoms with Crippen LogP contribution >= 0.6 is 0 Å². The van der Waals surface area contributed by atoms with Gasteiger partial charge in [0.2, 0.25) is 5.91 Å². The number of carbonyl (C=O) groups is 1. The third-order valence-electron chi connectivity index (χ3n) is 4.79. The zero-order valence-corrected chi connectivity index (χ0v) is 14.1. The second kappa shape index (κ2) is 6.51. The van der Waals surface area contributed by atoms with Crippen molar-refractivity contribution in [2.75, 3.05) is 0 Å². The van der Waals surface area contributed by atoms with Crippen LogP contribution in [-0.2, 0) is 11.3 Å². The Balaban J connectivity index is 1.40. The Morgan fingerprint density at radius 1 is 1.16 bits per heavy atom. The van der Waals surface area contributed by atoms with Gasteiger partial charge in [-0.2, -0.15) is 0 Å². The summed E-state index contributed by atoms with van der Waals surface area (Å²) >= 11 is 0. The maximum absolute atomic E-state index is 12.5. The summed E-state index contributed by atoms with van der Waals surface area (Å²) in [5.74, 6) is 1.23. The summed E-state index contributed by atoms with van der Waals surface area (Å²) in [5, 5.41) is 11.1. The molecule has 126 valence electrons. The summed E-state index contributed by atoms with van der Waals surface area (Å²) in [6, 6.07) is 18.2. The van der Waals surface area contributed by atoms with E-state index in [0.717, 1.165) is 17.9 Å². The van der Waals surface area contributed by atoms with Gasteiger partial charge in [0.1, 0.15) is 6.33 Å². The van der Waals surface area contributed by atoms with Gasteiger partial charge >= 0.3 is 0 Å². The highest BCUT2D eigenvalue weighted by Gasteiger charge is 2.44. The van der Waals surface area contributed by atoms with Crippen molar-refractivity contribution in [2.24, 2.45) is 5.92 Å². The minimum Gasteiger partial charge on any atom is -0.349 e. The van der Waals surface area contributed by atoms with Crippen LogP contribution < -0.4 is 5.32 Å². The van der Waals surface area contributed by atoms with Crippen LogP contribution in [0.2, 0.25) is 0 Å². The Kier molecular flexibility index (Phi) is 4.06. The third-order valence-corrected chi connectivity index (χ3v) is 4.79. The number of para-hydroxylation sites is 1. The normalized spacial score (nSPS) is 18.8. The zero-order valence-electron chi connectivity index (χ0n) is 14.1. The molecule has 1 amide bonds. The van der Waals surface area contributed by atoms with Crippen molar-refractivity contribution < 1.29 is 4.79 Å². The van der Waals surface area contributed by atoms with Crippen molar-refractivity contribution in [1.29, 1.82) is 0 Å². The average Bonchev–Trinajstić information content (AvgIpc) is 3.30. The van der Waals surface area contributed by atoms with Crippen LogP contribution in [0.15, 0.2) is 60.9 Å². The van der Waals surface area contributed by atoms with Crippen molar-refractivity contribution in [1.82, 2.24) is 20.1 Å². The van der Waals surface area contributed by atoms with Crippen LogP contribution in [0.1, 0.15) is 29.3 Å². The molecule has 1 heterocycles. The summed E-state index contributed by atoms with van der Waals surface area (Å²) in [6.07, 6.45) is 2.59. The topological polar surface area (TPSA) is 59.8 Å². The Bertz CT molecular complexity index is 887. The van der Waals surface area contributed by atoms with Crippen LogP contribution in [0, 0.1) is 12.8 Å². The summed E-state index contributed by atoms with van der Waals surface area (Å²) in [6.45, 7) is 2.48. The van der Waals surface area contributed by atoms with Gasteiger partial charge < -0.3 is 5.32 Å². The summed E-state index contributed by atoms with van der Waals surface area (Å²) in [7, 11) is 0. The molecule has 25 heavy (non-hydrogen) atoms. The first-order valence-electron chi connectivity index (χ1n) is 8.51. The third kappa shape index (κ3) is 3.18. The van der Waals surface area contributed by atoms with E-state index in [4.69, 9.17) is 0 Å². The molecule has 1 N–H and O–H groups in total. The van der Waals surface area contributed by atoms with Gasteiger partial charge in [-0.25, -0.2) is 0 Å². The molecule has 1 aromatic heterocycles. The molecule has 0 unspecified atom stereocenters. The lowest BCUT2D eigenvalue weighted by atomic mass is 10.0. The van der Waals surface area contributed by atoms with E-state index in [9.17, 15) is 4.79 Å². The van der Waals surface area contributed by atoms with Gasteiger partial charge in [-0.05, 0) is 42.5 Å². The van der Waals surface area contributed by atoms with E-state index in [2.05, 4.69) is 34.6 Å². The number of nitrogens with one attached hydrogen (secondary N) is 1. The molecular formula is C20H20N4O. The van der Waals surface area contributed by atoms with Crippen LogP contribution in [0.3, 0.4) is 0 Å². The van der Waals surface area contributed by atoms with Crippen molar-refractivity contribution in [3.05, 3.63) is 77.9 Å². The lowest BCUT2D eigenvalue weighted by molar-refractivity contribution is -0.122. The van der Waals surface area contributed by atoms with E-state index < -0.39 is 0 Å². The predicted octanol–water partition coefficient (Wildman–Crippen LogP) is 3.00. The molecule has 0 spiro atoms. The lowest BCUT2D eigenvalue weighted by Gasteiger charge is -2.08. The van der Waals surface area contributed by atoms with Gasteiger partial charge in [0.15, 0.2) is 5.82 Å². The molecule has 1 saturated carbocycles. The minimum absolute atomic E-state index is 0.0641. The summed E-state index contributed by atoms with van der Waals surface area (Å²) in [5.41, 5.74) is 3.53. The highest BCUT2D eigenvalue weighted by Crippen LogP contribution is 2.48. The van der Waals surface area contributed by atoms with E-state index >= 15 is 0 Å². The van der Waals surface area contributed by atoms with Crippen LogP contribution in [0.25, 0.3) is 5.69 Å². The molecule has 0 bridgehead atoms. The quantitative estimate of drug-likeness (QED) is 0.781. The Labute approximate surface area is 146 Å². The van der Waals surface area contributed by atoms with Crippen molar-refractivity contribution in [3.8, 4) is 5.69 Å². The first-order chi connectivity index (χ1) is 12.2.